The molecular weight excluding hydrogens is 350 g/mol. The summed E-state index contributed by atoms with van der Waals surface area (Å²) in [6.45, 7) is 2.74. The van der Waals surface area contributed by atoms with E-state index < -0.39 is 0 Å². The third-order valence-electron chi connectivity index (χ3n) is 3.56. The average Bonchev–Trinajstić information content (AvgIpc) is 3.15. The topological polar surface area (TPSA) is 68.5 Å². The molecule has 3 aromatic rings. The van der Waals surface area contributed by atoms with Crippen LogP contribution in [0.1, 0.15) is 12.8 Å². The molecule has 0 aliphatic rings. The normalized spacial score (nSPS) is 10.5. The first-order valence-corrected chi connectivity index (χ1v) is 9.23. The van der Waals surface area contributed by atoms with E-state index in [2.05, 4.69) is 10.2 Å². The number of rotatable bonds is 8. The van der Waals surface area contributed by atoms with Gasteiger partial charge in [-0.15, -0.1) is 10.2 Å². The molecule has 0 fully saturated rings. The molecule has 0 spiro atoms. The number of aromatic nitrogens is 2. The van der Waals surface area contributed by atoms with Crippen LogP contribution < -0.4 is 9.64 Å². The lowest BCUT2D eigenvalue weighted by molar-refractivity contribution is -0.116. The van der Waals surface area contributed by atoms with Crippen LogP contribution >= 0.6 is 11.8 Å². The minimum Gasteiger partial charge on any atom is -0.484 e. The molecule has 3 rings (SSSR count). The molecule has 1 aromatic heterocycles. The fraction of sp³-hybridized carbons (Fsp3) is 0.211. The zero-order valence-electron chi connectivity index (χ0n) is 14.4. The van der Waals surface area contributed by atoms with E-state index in [1.165, 1.54) is 11.8 Å². The summed E-state index contributed by atoms with van der Waals surface area (Å²) in [6, 6.07) is 19.0. The number of hydrogen-bond acceptors (Lipinski definition) is 6. The van der Waals surface area contributed by atoms with Crippen LogP contribution in [0, 0.1) is 0 Å². The number of amides is 1. The van der Waals surface area contributed by atoms with Gasteiger partial charge in [-0.05, 0) is 31.2 Å². The molecular formula is C19H19N3O3S. The Balaban J connectivity index is 1.51. The van der Waals surface area contributed by atoms with Crippen molar-refractivity contribution >= 4 is 23.4 Å². The van der Waals surface area contributed by atoms with E-state index >= 15 is 0 Å². The van der Waals surface area contributed by atoms with E-state index in [4.69, 9.17) is 9.15 Å². The lowest BCUT2D eigenvalue weighted by Gasteiger charge is -2.20. The molecule has 0 radical (unpaired) electrons. The summed E-state index contributed by atoms with van der Waals surface area (Å²) in [5.74, 6) is 1.32. The second-order valence-electron chi connectivity index (χ2n) is 5.33. The minimum absolute atomic E-state index is 0.0102. The number of thioether (sulfide) groups is 1. The van der Waals surface area contributed by atoms with Crippen molar-refractivity contribution in [2.45, 2.75) is 18.8 Å². The van der Waals surface area contributed by atoms with Crippen molar-refractivity contribution in [2.75, 3.05) is 17.2 Å². The van der Waals surface area contributed by atoms with Crippen molar-refractivity contribution in [1.82, 2.24) is 10.2 Å². The first-order chi connectivity index (χ1) is 12.8. The van der Waals surface area contributed by atoms with Gasteiger partial charge in [-0.3, -0.25) is 4.79 Å². The zero-order valence-corrected chi connectivity index (χ0v) is 15.2. The average molecular weight is 369 g/mol. The van der Waals surface area contributed by atoms with Crippen LogP contribution in [0.3, 0.4) is 0 Å². The Bertz CT molecular complexity index is 824. The van der Waals surface area contributed by atoms with Crippen LogP contribution in [0.2, 0.25) is 0 Å². The van der Waals surface area contributed by atoms with E-state index in [0.717, 1.165) is 11.4 Å². The zero-order chi connectivity index (χ0) is 18.2. The molecule has 0 N–H and O–H groups in total. The quantitative estimate of drug-likeness (QED) is 0.563. The van der Waals surface area contributed by atoms with Gasteiger partial charge in [0.15, 0.2) is 6.61 Å². The molecule has 1 amide bonds. The highest BCUT2D eigenvalue weighted by Crippen LogP contribution is 2.20. The summed E-state index contributed by atoms with van der Waals surface area (Å²) in [4.78, 5) is 14.2. The molecule has 0 aliphatic carbocycles. The number of anilines is 1. The number of carbonyl (C=O) groups excluding carboxylic acids is 1. The second kappa shape index (κ2) is 9.05. The largest absolute Gasteiger partial charge is 0.484 e. The summed E-state index contributed by atoms with van der Waals surface area (Å²) < 4.78 is 11.1. The number of ether oxygens (including phenoxy) is 1. The Hall–Kier alpha value is -2.80. The van der Waals surface area contributed by atoms with Crippen molar-refractivity contribution in [2.24, 2.45) is 0 Å². The highest BCUT2D eigenvalue weighted by molar-refractivity contribution is 7.99. The van der Waals surface area contributed by atoms with E-state index in [-0.39, 0.29) is 18.3 Å². The fourth-order valence-corrected chi connectivity index (χ4v) is 2.99. The van der Waals surface area contributed by atoms with Crippen LogP contribution in [0.5, 0.6) is 5.75 Å². The first-order valence-electron chi connectivity index (χ1n) is 8.24. The minimum atomic E-state index is -0.0102. The van der Waals surface area contributed by atoms with Gasteiger partial charge in [0.2, 0.25) is 5.91 Å². The molecule has 0 saturated heterocycles. The number of nitrogens with zero attached hydrogens (tertiary/aromatic N) is 3. The van der Waals surface area contributed by atoms with Gasteiger partial charge in [0.1, 0.15) is 5.75 Å². The molecule has 0 bridgehead atoms. The van der Waals surface area contributed by atoms with Gasteiger partial charge in [0, 0.05) is 12.2 Å². The molecule has 6 nitrogen and oxygen atoms in total. The van der Waals surface area contributed by atoms with Crippen LogP contribution in [0.4, 0.5) is 5.69 Å². The van der Waals surface area contributed by atoms with Crippen LogP contribution in [0.15, 0.2) is 70.3 Å². The van der Waals surface area contributed by atoms with Crippen molar-refractivity contribution in [3.8, 4) is 5.75 Å². The Morgan fingerprint density at radius 2 is 1.77 bits per heavy atom. The number of benzene rings is 2. The van der Waals surface area contributed by atoms with E-state index in [1.807, 2.05) is 67.6 Å². The maximum absolute atomic E-state index is 12.5. The Morgan fingerprint density at radius 3 is 2.46 bits per heavy atom. The molecule has 0 atom stereocenters. The summed E-state index contributed by atoms with van der Waals surface area (Å²) in [5.41, 5.74) is 0.878. The predicted octanol–water partition coefficient (Wildman–Crippen LogP) is 3.79. The van der Waals surface area contributed by atoms with Crippen molar-refractivity contribution in [1.29, 1.82) is 0 Å². The molecule has 7 heteroatoms. The van der Waals surface area contributed by atoms with Gasteiger partial charge >= 0.3 is 0 Å². The van der Waals surface area contributed by atoms with Gasteiger partial charge in [0.05, 0.1) is 5.75 Å². The predicted molar refractivity (Wildman–Crippen MR) is 100 cm³/mol. The van der Waals surface area contributed by atoms with Gasteiger partial charge in [-0.1, -0.05) is 48.2 Å². The lowest BCUT2D eigenvalue weighted by Crippen LogP contribution is -2.32. The molecule has 0 unspecified atom stereocenters. The Kier molecular flexibility index (Phi) is 6.27. The maximum Gasteiger partial charge on any atom is 0.277 e. The van der Waals surface area contributed by atoms with Crippen LogP contribution in [-0.2, 0) is 11.4 Å². The summed E-state index contributed by atoms with van der Waals surface area (Å²) in [6.07, 6.45) is 0. The molecule has 0 aliphatic heterocycles. The van der Waals surface area contributed by atoms with Gasteiger partial charge in [-0.2, -0.15) is 0 Å². The smallest absolute Gasteiger partial charge is 0.277 e. The molecule has 26 heavy (non-hydrogen) atoms. The van der Waals surface area contributed by atoms with Gasteiger partial charge in [-0.25, -0.2) is 0 Å². The molecule has 2 aromatic carbocycles. The Morgan fingerprint density at radius 1 is 1.08 bits per heavy atom. The third-order valence-corrected chi connectivity index (χ3v) is 4.36. The highest BCUT2D eigenvalue weighted by Gasteiger charge is 2.16. The standard InChI is InChI=1S/C19H19N3O3S/c1-2-22(15-9-5-3-6-10-15)18(23)14-26-19-21-20-17(25-19)13-24-16-11-7-4-8-12-16/h3-12H,2,13-14H2,1H3. The first kappa shape index (κ1) is 18.0. The number of hydrogen-bond donors (Lipinski definition) is 0. The van der Waals surface area contributed by atoms with Gasteiger partial charge < -0.3 is 14.1 Å². The van der Waals surface area contributed by atoms with Crippen LogP contribution in [-0.4, -0.2) is 28.4 Å². The maximum atomic E-state index is 12.5. The van der Waals surface area contributed by atoms with Crippen molar-refractivity contribution in [3.05, 3.63) is 66.6 Å². The highest BCUT2D eigenvalue weighted by atomic mass is 32.2. The third kappa shape index (κ3) is 4.86. The van der Waals surface area contributed by atoms with E-state index in [1.54, 1.807) is 4.90 Å². The number of carbonyl (C=O) groups is 1. The molecule has 134 valence electrons. The van der Waals surface area contributed by atoms with E-state index in [0.29, 0.717) is 17.7 Å². The molecule has 1 heterocycles. The van der Waals surface area contributed by atoms with Crippen molar-refractivity contribution < 1.29 is 13.9 Å². The summed E-state index contributed by atoms with van der Waals surface area (Å²) in [5, 5.41) is 8.25. The van der Waals surface area contributed by atoms with Crippen molar-refractivity contribution in [3.63, 3.8) is 0 Å². The summed E-state index contributed by atoms with van der Waals surface area (Å²) >= 11 is 1.22. The van der Waals surface area contributed by atoms with E-state index in [9.17, 15) is 4.79 Å². The van der Waals surface area contributed by atoms with Crippen LogP contribution in [0.25, 0.3) is 0 Å². The SMILES string of the molecule is CCN(C(=O)CSc1nnc(COc2ccccc2)o1)c1ccccc1. The van der Waals surface area contributed by atoms with Gasteiger partial charge in [0.25, 0.3) is 11.1 Å². The molecule has 0 saturated carbocycles. The fourth-order valence-electron chi connectivity index (χ4n) is 2.33. The lowest BCUT2D eigenvalue weighted by atomic mass is 10.3. The number of para-hydroxylation sites is 2. The summed E-state index contributed by atoms with van der Waals surface area (Å²) in [7, 11) is 0. The second-order valence-corrected chi connectivity index (χ2v) is 6.25. The monoisotopic (exact) mass is 369 g/mol. The Labute approximate surface area is 156 Å².